The van der Waals surface area contributed by atoms with Gasteiger partial charge in [-0.3, -0.25) is 0 Å². The van der Waals surface area contributed by atoms with Crippen LogP contribution in [0.25, 0.3) is 0 Å². The minimum absolute atomic E-state index is 0.512. The molecule has 17 heavy (non-hydrogen) atoms. The minimum atomic E-state index is 0.512. The van der Waals surface area contributed by atoms with Crippen LogP contribution in [0.15, 0.2) is 4.42 Å². The number of hydrogen-bond donors (Lipinski definition) is 1. The van der Waals surface area contributed by atoms with Crippen molar-refractivity contribution in [2.75, 3.05) is 13.1 Å². The van der Waals surface area contributed by atoms with Crippen LogP contribution >= 0.6 is 0 Å². The maximum atomic E-state index is 5.76. The van der Waals surface area contributed by atoms with E-state index in [1.165, 1.54) is 38.5 Å². The Morgan fingerprint density at radius 1 is 1.18 bits per heavy atom. The van der Waals surface area contributed by atoms with Gasteiger partial charge >= 0.3 is 0 Å². The molecule has 96 valence electrons. The molecule has 4 heteroatoms. The van der Waals surface area contributed by atoms with Crippen LogP contribution in [0.5, 0.6) is 0 Å². The van der Waals surface area contributed by atoms with E-state index >= 15 is 0 Å². The van der Waals surface area contributed by atoms with Crippen LogP contribution in [0.1, 0.15) is 63.1 Å². The van der Waals surface area contributed by atoms with E-state index < -0.39 is 0 Å². The maximum Gasteiger partial charge on any atom is 0.219 e. The van der Waals surface area contributed by atoms with E-state index in [-0.39, 0.29) is 0 Å². The molecular weight excluding hydrogens is 214 g/mol. The normalized spacial score (nSPS) is 18.2. The highest BCUT2D eigenvalue weighted by molar-refractivity contribution is 4.92. The molecule has 1 N–H and O–H groups in total. The Labute approximate surface area is 103 Å². The predicted molar refractivity (Wildman–Crippen MR) is 67.0 cm³/mol. The largest absolute Gasteiger partial charge is 0.425 e. The number of hydrogen-bond acceptors (Lipinski definition) is 4. The fraction of sp³-hybridized carbons (Fsp3) is 0.846. The Kier molecular flexibility index (Phi) is 4.98. The number of likely N-dealkylation sites (N-methyl/N-ethyl adjacent to an activating group) is 1. The minimum Gasteiger partial charge on any atom is -0.425 e. The molecule has 0 radical (unpaired) electrons. The molecule has 0 bridgehead atoms. The first-order valence-electron chi connectivity index (χ1n) is 6.93. The average Bonchev–Trinajstić information content (AvgIpc) is 2.64. The van der Waals surface area contributed by atoms with E-state index in [2.05, 4.69) is 22.4 Å². The molecule has 1 aliphatic rings. The molecule has 0 spiro atoms. The van der Waals surface area contributed by atoms with Crippen molar-refractivity contribution in [3.8, 4) is 0 Å². The molecule has 1 aliphatic carbocycles. The highest BCUT2D eigenvalue weighted by atomic mass is 16.4. The summed E-state index contributed by atoms with van der Waals surface area (Å²) in [4.78, 5) is 0. The second-order valence-electron chi connectivity index (χ2n) is 4.83. The summed E-state index contributed by atoms with van der Waals surface area (Å²) in [5, 5.41) is 11.6. The lowest BCUT2D eigenvalue weighted by Crippen LogP contribution is -2.16. The van der Waals surface area contributed by atoms with Crippen molar-refractivity contribution in [3.05, 3.63) is 11.8 Å². The standard InChI is InChI=1S/C13H23N3O/c1-2-14-10-9-12-15-16-13(17-12)11-7-5-3-4-6-8-11/h11,14H,2-10H2,1H3. The third-order valence-electron chi connectivity index (χ3n) is 3.45. The Morgan fingerprint density at radius 3 is 2.65 bits per heavy atom. The van der Waals surface area contributed by atoms with Crippen molar-refractivity contribution in [3.63, 3.8) is 0 Å². The third kappa shape index (κ3) is 3.80. The maximum absolute atomic E-state index is 5.76. The van der Waals surface area contributed by atoms with Crippen molar-refractivity contribution < 1.29 is 4.42 Å². The van der Waals surface area contributed by atoms with Crippen molar-refractivity contribution in [1.29, 1.82) is 0 Å². The van der Waals surface area contributed by atoms with Gasteiger partial charge in [-0.05, 0) is 19.4 Å². The third-order valence-corrected chi connectivity index (χ3v) is 3.45. The Morgan fingerprint density at radius 2 is 1.94 bits per heavy atom. The van der Waals surface area contributed by atoms with E-state index in [1.54, 1.807) is 0 Å². The monoisotopic (exact) mass is 237 g/mol. The summed E-state index contributed by atoms with van der Waals surface area (Å²) >= 11 is 0. The molecule has 0 aromatic carbocycles. The molecule has 0 aliphatic heterocycles. The molecule has 1 fully saturated rings. The Bertz CT molecular complexity index is 316. The van der Waals surface area contributed by atoms with Crippen LogP contribution in [0.4, 0.5) is 0 Å². The van der Waals surface area contributed by atoms with Crippen LogP contribution in [0, 0.1) is 0 Å². The molecule has 0 atom stereocenters. The number of rotatable bonds is 5. The van der Waals surface area contributed by atoms with Gasteiger partial charge in [0.05, 0.1) is 0 Å². The summed E-state index contributed by atoms with van der Waals surface area (Å²) in [6, 6.07) is 0. The van der Waals surface area contributed by atoms with E-state index in [4.69, 9.17) is 4.42 Å². The van der Waals surface area contributed by atoms with Crippen LogP contribution in [-0.2, 0) is 6.42 Å². The lowest BCUT2D eigenvalue weighted by molar-refractivity contribution is 0.393. The van der Waals surface area contributed by atoms with Gasteiger partial charge in [-0.1, -0.05) is 32.6 Å². The smallest absolute Gasteiger partial charge is 0.219 e. The first-order valence-corrected chi connectivity index (χ1v) is 6.93. The van der Waals surface area contributed by atoms with Crippen molar-refractivity contribution in [2.45, 2.75) is 57.8 Å². The van der Waals surface area contributed by atoms with Crippen LogP contribution in [0.3, 0.4) is 0 Å². The Balaban J connectivity index is 1.87. The zero-order chi connectivity index (χ0) is 11.9. The second kappa shape index (κ2) is 6.74. The van der Waals surface area contributed by atoms with E-state index in [1.807, 2.05) is 0 Å². The number of nitrogens with one attached hydrogen (secondary N) is 1. The van der Waals surface area contributed by atoms with E-state index in [0.29, 0.717) is 5.92 Å². The summed E-state index contributed by atoms with van der Waals surface area (Å²) in [6.07, 6.45) is 8.60. The van der Waals surface area contributed by atoms with Crippen molar-refractivity contribution in [1.82, 2.24) is 15.5 Å². The molecule has 0 amide bonds. The molecule has 1 aromatic rings. The van der Waals surface area contributed by atoms with Gasteiger partial charge in [-0.15, -0.1) is 10.2 Å². The van der Waals surface area contributed by atoms with E-state index in [9.17, 15) is 0 Å². The summed E-state index contributed by atoms with van der Waals surface area (Å²) in [6.45, 7) is 4.01. The zero-order valence-corrected chi connectivity index (χ0v) is 10.7. The SMILES string of the molecule is CCNCCc1nnc(C2CCCCCC2)o1. The van der Waals surface area contributed by atoms with Gasteiger partial charge in [0, 0.05) is 18.9 Å². The molecule has 1 saturated carbocycles. The van der Waals surface area contributed by atoms with Crippen LogP contribution in [0.2, 0.25) is 0 Å². The first kappa shape index (κ1) is 12.6. The summed E-state index contributed by atoms with van der Waals surface area (Å²) < 4.78 is 5.76. The molecule has 4 nitrogen and oxygen atoms in total. The van der Waals surface area contributed by atoms with Gasteiger partial charge < -0.3 is 9.73 Å². The summed E-state index contributed by atoms with van der Waals surface area (Å²) in [5.41, 5.74) is 0. The fourth-order valence-electron chi connectivity index (χ4n) is 2.43. The lowest BCUT2D eigenvalue weighted by atomic mass is 10.0. The predicted octanol–water partition coefficient (Wildman–Crippen LogP) is 2.66. The topological polar surface area (TPSA) is 51.0 Å². The van der Waals surface area contributed by atoms with Gasteiger partial charge in [0.25, 0.3) is 0 Å². The van der Waals surface area contributed by atoms with Gasteiger partial charge in [0.1, 0.15) is 0 Å². The fourth-order valence-corrected chi connectivity index (χ4v) is 2.43. The lowest BCUT2D eigenvalue weighted by Gasteiger charge is -2.07. The van der Waals surface area contributed by atoms with Crippen molar-refractivity contribution in [2.24, 2.45) is 0 Å². The average molecular weight is 237 g/mol. The highest BCUT2D eigenvalue weighted by Crippen LogP contribution is 2.30. The quantitative estimate of drug-likeness (QED) is 0.632. The van der Waals surface area contributed by atoms with Crippen LogP contribution in [-0.4, -0.2) is 23.3 Å². The number of nitrogens with zero attached hydrogens (tertiary/aromatic N) is 2. The first-order chi connectivity index (χ1) is 8.40. The molecule has 0 unspecified atom stereocenters. The Hall–Kier alpha value is -0.900. The summed E-state index contributed by atoms with van der Waals surface area (Å²) in [7, 11) is 0. The molecule has 1 heterocycles. The highest BCUT2D eigenvalue weighted by Gasteiger charge is 2.19. The van der Waals surface area contributed by atoms with E-state index in [0.717, 1.165) is 31.3 Å². The summed E-state index contributed by atoms with van der Waals surface area (Å²) in [5.74, 6) is 2.17. The zero-order valence-electron chi connectivity index (χ0n) is 10.7. The second-order valence-corrected chi connectivity index (χ2v) is 4.83. The van der Waals surface area contributed by atoms with Crippen LogP contribution < -0.4 is 5.32 Å². The van der Waals surface area contributed by atoms with Gasteiger partial charge in [0.2, 0.25) is 11.8 Å². The van der Waals surface area contributed by atoms with Gasteiger partial charge in [-0.25, -0.2) is 0 Å². The van der Waals surface area contributed by atoms with Gasteiger partial charge in [-0.2, -0.15) is 0 Å². The molecule has 2 rings (SSSR count). The molecule has 0 saturated heterocycles. The molecular formula is C13H23N3O. The van der Waals surface area contributed by atoms with Crippen molar-refractivity contribution >= 4 is 0 Å². The number of aromatic nitrogens is 2. The molecule has 1 aromatic heterocycles. The van der Waals surface area contributed by atoms with Gasteiger partial charge in [0.15, 0.2) is 0 Å².